The van der Waals surface area contributed by atoms with E-state index in [1.165, 1.54) is 0 Å². The van der Waals surface area contributed by atoms with Crippen molar-refractivity contribution in [3.8, 4) is 0 Å². The highest BCUT2D eigenvalue weighted by molar-refractivity contribution is 8.93. The molecule has 0 radical (unpaired) electrons. The molecule has 0 unspecified atom stereocenters. The van der Waals surface area contributed by atoms with Crippen molar-refractivity contribution in [2.75, 3.05) is 0 Å². The molecule has 0 N–H and O–H groups in total. The summed E-state index contributed by atoms with van der Waals surface area (Å²) in [5.41, 5.74) is 0. The zero-order valence-electron chi connectivity index (χ0n) is 2.04. The minimum Gasteiger partial charge on any atom is -0.114 e. The van der Waals surface area contributed by atoms with E-state index in [1.807, 2.05) is 0 Å². The molecule has 0 aliphatic rings. The third-order valence-electron chi connectivity index (χ3n) is 0. The fourth-order valence-electron chi connectivity index (χ4n) is 0. The molecule has 0 aliphatic carbocycles. The molecule has 0 rings (SSSR count). The molecule has 46 valence electrons. The van der Waals surface area contributed by atoms with E-state index in [2.05, 4.69) is 0 Å². The van der Waals surface area contributed by atoms with Crippen molar-refractivity contribution in [3.63, 3.8) is 0 Å². The Hall–Kier alpha value is 2.46. The van der Waals surface area contributed by atoms with Crippen LogP contribution in [0.5, 0.6) is 0 Å². The normalized spacial score (nSPS) is 0. The van der Waals surface area contributed by atoms with E-state index in [9.17, 15) is 0 Å². The fourth-order valence-corrected chi connectivity index (χ4v) is 0. The Morgan fingerprint density at radius 1 is 0.333 bits per heavy atom. The van der Waals surface area contributed by atoms with Gasteiger partial charge in [0.15, 0.2) is 0 Å². The van der Waals surface area contributed by atoms with E-state index in [0.29, 0.717) is 0 Å². The third kappa shape index (κ3) is 31.8. The molecule has 0 aromatic heterocycles. The van der Waals surface area contributed by atoms with Crippen LogP contribution in [0.2, 0.25) is 0 Å². The minimum atomic E-state index is 0. The molecule has 0 nitrogen and oxygen atoms in total. The summed E-state index contributed by atoms with van der Waals surface area (Å²) < 4.78 is 0. The van der Waals surface area contributed by atoms with Crippen LogP contribution in [0, 0.1) is 0 Å². The second kappa shape index (κ2) is 51.4. The summed E-state index contributed by atoms with van der Waals surface area (Å²) in [5.74, 6) is 0. The van der Waals surface area contributed by atoms with Gasteiger partial charge in [0.1, 0.15) is 0 Å². The molecule has 0 aromatic rings. The van der Waals surface area contributed by atoms with Crippen LogP contribution in [0.25, 0.3) is 0 Å². The zero-order valence-corrected chi connectivity index (χ0v) is 10.6. The van der Waals surface area contributed by atoms with Gasteiger partial charge in [-0.15, -0.1) is 84.9 Å². The van der Waals surface area contributed by atoms with Gasteiger partial charge in [-0.2, -0.15) is 0 Å². The minimum absolute atomic E-state index is 0. The van der Waals surface area contributed by atoms with Gasteiger partial charge in [-0.3, -0.25) is 0 Å². The average Bonchev–Trinajstić information content (AvgIpc) is 0. The molecule has 0 spiro atoms. The molecule has 0 fully saturated rings. The van der Waals surface area contributed by atoms with E-state index in [-0.39, 0.29) is 93.3 Å². The van der Waals surface area contributed by atoms with Crippen LogP contribution in [0.3, 0.4) is 0 Å². The predicted octanol–water partition coefficient (Wildman–Crippen LogP) is 1.71. The summed E-state index contributed by atoms with van der Waals surface area (Å²) in [6.45, 7) is 0. The molecule has 0 aliphatic heterocycles. The van der Waals surface area contributed by atoms with Crippen molar-refractivity contribution in [3.05, 3.63) is 0 Å². The standard InChI is InChI=1S/BH3.5BrH/h1H3;5*1H. The Kier molecular flexibility index (Phi) is 664. The van der Waals surface area contributed by atoms with Gasteiger partial charge in [0.25, 0.3) is 0 Å². The molecule has 0 aromatic carbocycles. The second-order valence-corrected chi connectivity index (χ2v) is 0. The van der Waals surface area contributed by atoms with Gasteiger partial charge in [-0.1, -0.05) is 0 Å². The van der Waals surface area contributed by atoms with Crippen LogP contribution >= 0.6 is 84.9 Å². The number of rotatable bonds is 0. The first-order valence-electron chi connectivity index (χ1n) is 0. The van der Waals surface area contributed by atoms with Gasteiger partial charge < -0.3 is 0 Å². The van der Waals surface area contributed by atoms with Gasteiger partial charge in [-0.25, -0.2) is 0 Å². The molecule has 0 atom stereocenters. The molecule has 0 saturated carbocycles. The third-order valence-corrected chi connectivity index (χ3v) is 0. The lowest BCUT2D eigenvalue weighted by Gasteiger charge is -0.115. The fraction of sp³-hybridized carbons (Fsp3) is 0. The molecule has 6 heteroatoms. The highest BCUT2D eigenvalue weighted by atomic mass is 79.9. The highest BCUT2D eigenvalue weighted by Crippen LogP contribution is 0.850. The maximum Gasteiger partial charge on any atom is 0.0814 e. The van der Waals surface area contributed by atoms with Crippen LogP contribution in [0.1, 0.15) is 0 Å². The quantitative estimate of drug-likeness (QED) is 0.526. The van der Waals surface area contributed by atoms with Crippen molar-refractivity contribution >= 4 is 93.3 Å². The molecule has 6 heavy (non-hydrogen) atoms. The Morgan fingerprint density at radius 2 is 0.333 bits per heavy atom. The maximum atomic E-state index is 0. The van der Waals surface area contributed by atoms with Crippen molar-refractivity contribution in [2.45, 2.75) is 0 Å². The first kappa shape index (κ1) is 77.6. The number of hydrogen-bond donors (Lipinski definition) is 0. The van der Waals surface area contributed by atoms with Gasteiger partial charge >= 0.3 is 0 Å². The summed E-state index contributed by atoms with van der Waals surface area (Å²) in [5, 5.41) is 0. The van der Waals surface area contributed by atoms with Crippen LogP contribution in [0.4, 0.5) is 0 Å². The van der Waals surface area contributed by atoms with E-state index >= 15 is 0 Å². The Balaban J connectivity index is 0. The SMILES string of the molecule is B.Br.Br.Br.Br.Br. The molecule has 0 bridgehead atoms. The first-order valence-corrected chi connectivity index (χ1v) is 0. The molecular formula is H8BBr5. The zero-order chi connectivity index (χ0) is 0. The topological polar surface area (TPSA) is 0 Å². The van der Waals surface area contributed by atoms with Crippen LogP contribution in [-0.2, 0) is 0 Å². The summed E-state index contributed by atoms with van der Waals surface area (Å²) in [6, 6.07) is 0. The van der Waals surface area contributed by atoms with E-state index < -0.39 is 0 Å². The highest BCUT2D eigenvalue weighted by Gasteiger charge is 0.0814. The van der Waals surface area contributed by atoms with Gasteiger partial charge in [0.05, 0.1) is 8.41 Å². The first-order chi connectivity index (χ1) is 0. The van der Waals surface area contributed by atoms with Crippen LogP contribution in [-0.4, -0.2) is 8.41 Å². The largest absolute Gasteiger partial charge is 0.114 e. The summed E-state index contributed by atoms with van der Waals surface area (Å²) >= 11 is 0. The predicted molar refractivity (Wildman–Crippen MR) is 61.5 cm³/mol. The Labute approximate surface area is 92.3 Å². The molecule has 0 saturated heterocycles. The van der Waals surface area contributed by atoms with Crippen molar-refractivity contribution in [1.29, 1.82) is 0 Å². The van der Waals surface area contributed by atoms with E-state index in [4.69, 9.17) is 0 Å². The van der Waals surface area contributed by atoms with Crippen molar-refractivity contribution < 1.29 is 0 Å². The monoisotopic (exact) mass is 414 g/mol. The van der Waals surface area contributed by atoms with Gasteiger partial charge in [0, 0.05) is 0 Å². The number of halogens is 5. The lowest BCUT2D eigenvalue weighted by atomic mass is 10.8. The summed E-state index contributed by atoms with van der Waals surface area (Å²) in [6.07, 6.45) is 0. The van der Waals surface area contributed by atoms with E-state index in [1.54, 1.807) is 0 Å². The molecular weight excluding hydrogens is 410 g/mol. The van der Waals surface area contributed by atoms with E-state index in [0.717, 1.165) is 0 Å². The average molecular weight is 418 g/mol. The Bertz CT molecular complexity index is 3.90. The molecule has 0 amide bonds. The summed E-state index contributed by atoms with van der Waals surface area (Å²) in [7, 11) is 0. The smallest absolute Gasteiger partial charge is 0.0814 e. The lowest BCUT2D eigenvalue weighted by molar-refractivity contribution is 5.75. The van der Waals surface area contributed by atoms with Crippen LogP contribution in [0.15, 0.2) is 0 Å². The van der Waals surface area contributed by atoms with Gasteiger partial charge in [0.2, 0.25) is 0 Å². The second-order valence-electron chi connectivity index (χ2n) is 0. The van der Waals surface area contributed by atoms with Gasteiger partial charge in [-0.05, 0) is 0 Å². The van der Waals surface area contributed by atoms with Crippen molar-refractivity contribution in [1.82, 2.24) is 0 Å². The van der Waals surface area contributed by atoms with Crippen molar-refractivity contribution in [2.24, 2.45) is 0 Å². The summed E-state index contributed by atoms with van der Waals surface area (Å²) in [4.78, 5) is 0. The Morgan fingerprint density at radius 3 is 0.333 bits per heavy atom. The lowest BCUT2D eigenvalue weighted by Crippen LogP contribution is -0.381. The molecule has 0 heterocycles. The maximum absolute atomic E-state index is 0. The number of hydrogen-bond acceptors (Lipinski definition) is 0. The van der Waals surface area contributed by atoms with Crippen LogP contribution < -0.4 is 0 Å².